The summed E-state index contributed by atoms with van der Waals surface area (Å²) in [5.74, 6) is -1.20. The molecule has 2 aromatic carbocycles. The lowest BCUT2D eigenvalue weighted by Crippen LogP contribution is -2.46. The van der Waals surface area contributed by atoms with Gasteiger partial charge in [0.1, 0.15) is 0 Å². The number of benzene rings is 2. The molecule has 7 nitrogen and oxygen atoms in total. The fraction of sp³-hybridized carbons (Fsp3) is 0.588. The third-order valence-electron chi connectivity index (χ3n) is 9.14. The number of amides is 2. The number of fused-ring (bicyclic) bond motifs is 2. The van der Waals surface area contributed by atoms with Crippen molar-refractivity contribution < 1.29 is 28.6 Å². The molecule has 2 amide bonds. The lowest BCUT2D eigenvalue weighted by atomic mass is 9.79. The zero-order valence-electron chi connectivity index (χ0n) is 26.0. The van der Waals surface area contributed by atoms with Crippen LogP contribution in [0.5, 0.6) is 5.75 Å². The van der Waals surface area contributed by atoms with Gasteiger partial charge in [0.25, 0.3) is 0 Å². The van der Waals surface area contributed by atoms with Crippen LogP contribution in [0, 0.1) is 26.6 Å². The topological polar surface area (TPSA) is 79.3 Å². The molecule has 228 valence electrons. The quantitative estimate of drug-likeness (QED) is 0.436. The highest BCUT2D eigenvalue weighted by atomic mass is 19.1. The molecule has 3 heterocycles. The summed E-state index contributed by atoms with van der Waals surface area (Å²) >= 11 is 0. The van der Waals surface area contributed by atoms with Crippen LogP contribution in [0.2, 0.25) is 0 Å². The van der Waals surface area contributed by atoms with Crippen molar-refractivity contribution in [2.75, 3.05) is 32.8 Å². The monoisotopic (exact) mass is 580 g/mol. The molecule has 42 heavy (non-hydrogen) atoms. The summed E-state index contributed by atoms with van der Waals surface area (Å²) in [4.78, 5) is 30.3. The second-order valence-corrected chi connectivity index (χ2v) is 13.1. The van der Waals surface area contributed by atoms with E-state index in [0.29, 0.717) is 55.8 Å². The van der Waals surface area contributed by atoms with Gasteiger partial charge in [-0.25, -0.2) is 14.0 Å². The minimum atomic E-state index is -1.24. The van der Waals surface area contributed by atoms with E-state index in [0.717, 1.165) is 77.7 Å². The van der Waals surface area contributed by atoms with Crippen molar-refractivity contribution in [3.63, 3.8) is 0 Å². The molecule has 3 aliphatic heterocycles. The minimum absolute atomic E-state index is 0.0883. The van der Waals surface area contributed by atoms with Crippen LogP contribution in [0.4, 0.5) is 9.18 Å². The Kier molecular flexibility index (Phi) is 8.57. The molecular weight excluding hydrogens is 535 g/mol. The predicted octanol–water partition coefficient (Wildman–Crippen LogP) is 6.69. The number of carbonyl (C=O) groups is 2. The van der Waals surface area contributed by atoms with Crippen molar-refractivity contribution in [3.05, 3.63) is 50.8 Å². The number of likely N-dealkylation sites (tertiary alicyclic amines) is 1. The van der Waals surface area contributed by atoms with Gasteiger partial charge in [-0.05, 0) is 131 Å². The van der Waals surface area contributed by atoms with Gasteiger partial charge in [-0.15, -0.1) is 0 Å². The van der Waals surface area contributed by atoms with Gasteiger partial charge in [-0.2, -0.15) is 0 Å². The molecule has 0 aromatic heterocycles. The number of urea groups is 1. The van der Waals surface area contributed by atoms with Crippen molar-refractivity contribution in [3.8, 4) is 16.9 Å². The van der Waals surface area contributed by atoms with E-state index in [1.165, 1.54) is 6.07 Å². The van der Waals surface area contributed by atoms with E-state index >= 15 is 4.39 Å². The first-order valence-corrected chi connectivity index (χ1v) is 15.4. The number of hydrogen-bond acceptors (Lipinski definition) is 4. The first-order valence-electron chi connectivity index (χ1n) is 15.4. The molecule has 0 radical (unpaired) electrons. The van der Waals surface area contributed by atoms with Crippen LogP contribution >= 0.6 is 0 Å². The predicted molar refractivity (Wildman–Crippen MR) is 161 cm³/mol. The normalized spacial score (nSPS) is 18.1. The van der Waals surface area contributed by atoms with E-state index in [9.17, 15) is 14.7 Å². The number of carboxylic acids is 1. The number of halogens is 1. The van der Waals surface area contributed by atoms with Gasteiger partial charge >= 0.3 is 12.0 Å². The average Bonchev–Trinajstić information content (AvgIpc) is 3.19. The Morgan fingerprint density at radius 1 is 0.881 bits per heavy atom. The van der Waals surface area contributed by atoms with Gasteiger partial charge in [0.2, 0.25) is 0 Å². The second-order valence-electron chi connectivity index (χ2n) is 13.1. The molecule has 1 fully saturated rings. The molecule has 8 heteroatoms. The zero-order valence-corrected chi connectivity index (χ0v) is 26.0. The van der Waals surface area contributed by atoms with Gasteiger partial charge in [0, 0.05) is 37.3 Å². The van der Waals surface area contributed by atoms with Crippen molar-refractivity contribution >= 4 is 12.0 Å². The Labute approximate surface area is 249 Å². The Morgan fingerprint density at radius 3 is 2.12 bits per heavy atom. The molecule has 1 N–H and O–H groups in total. The molecule has 1 atom stereocenters. The maximum Gasteiger partial charge on any atom is 0.337 e. The lowest BCUT2D eigenvalue weighted by molar-refractivity contribution is -0.160. The van der Waals surface area contributed by atoms with Crippen LogP contribution in [0.15, 0.2) is 6.07 Å². The zero-order chi connectivity index (χ0) is 30.3. The van der Waals surface area contributed by atoms with Crippen LogP contribution in [0.1, 0.15) is 91.5 Å². The average molecular weight is 581 g/mol. The first kappa shape index (κ1) is 30.3. The van der Waals surface area contributed by atoms with E-state index in [4.69, 9.17) is 9.47 Å². The minimum Gasteiger partial charge on any atom is -0.490 e. The Bertz CT molecular complexity index is 1390. The van der Waals surface area contributed by atoms with Crippen LogP contribution in [0.3, 0.4) is 0 Å². The molecule has 1 saturated heterocycles. The van der Waals surface area contributed by atoms with Gasteiger partial charge in [-0.3, -0.25) is 0 Å². The van der Waals surface area contributed by atoms with Gasteiger partial charge in [-0.1, -0.05) is 0 Å². The van der Waals surface area contributed by atoms with Crippen LogP contribution in [-0.4, -0.2) is 65.3 Å². The van der Waals surface area contributed by atoms with E-state index in [-0.39, 0.29) is 6.03 Å². The third kappa shape index (κ3) is 5.75. The Hall–Kier alpha value is -3.13. The Balaban J connectivity index is 1.68. The summed E-state index contributed by atoms with van der Waals surface area (Å²) in [7, 11) is 0. The highest BCUT2D eigenvalue weighted by molar-refractivity contribution is 5.86. The molecule has 5 rings (SSSR count). The summed E-state index contributed by atoms with van der Waals surface area (Å²) in [6.07, 6.45) is 4.79. The number of rotatable bonds is 4. The number of carbonyl (C=O) groups excluding carboxylic acids is 1. The van der Waals surface area contributed by atoms with E-state index in [1.807, 2.05) is 51.3 Å². The molecule has 0 aliphatic carbocycles. The molecule has 0 bridgehead atoms. The van der Waals surface area contributed by atoms with Crippen LogP contribution < -0.4 is 4.74 Å². The van der Waals surface area contributed by atoms with E-state index < -0.39 is 23.5 Å². The van der Waals surface area contributed by atoms with Crippen LogP contribution in [-0.2, 0) is 28.8 Å². The fourth-order valence-electron chi connectivity index (χ4n) is 7.09. The number of nitrogens with zero attached hydrogens (tertiary/aromatic N) is 2. The SMILES string of the molecule is Cc1c(-c2c(C)c3c(c(C)c2C(OC(C)(C)C)C(=O)O)CCN(C(=O)N2CCCCC2)CC3)cc(F)c2c1CCCO2. The Morgan fingerprint density at radius 2 is 1.50 bits per heavy atom. The lowest BCUT2D eigenvalue weighted by Gasteiger charge is -2.32. The second kappa shape index (κ2) is 11.9. The molecule has 0 spiro atoms. The molecule has 1 unspecified atom stereocenters. The summed E-state index contributed by atoms with van der Waals surface area (Å²) in [6.45, 7) is 14.7. The summed E-state index contributed by atoms with van der Waals surface area (Å²) in [6, 6.07) is 1.60. The van der Waals surface area contributed by atoms with Crippen LogP contribution in [0.25, 0.3) is 11.1 Å². The van der Waals surface area contributed by atoms with E-state index in [1.54, 1.807) is 0 Å². The standard InChI is InChI=1S/C34H45FN2O5/c1-20-25-11-10-18-41-30(25)27(35)19-26(20)28-21(2)23-12-16-37(33(40)36-14-8-7-9-15-36)17-13-24(23)22(3)29(28)31(32(38)39)42-34(4,5)6/h19,31H,7-18H2,1-6H3,(H,38,39). The molecule has 0 saturated carbocycles. The maximum atomic E-state index is 15.6. The molecular formula is C34H45FN2O5. The number of carboxylic acid groups (broad SMARTS) is 1. The van der Waals surface area contributed by atoms with Crippen molar-refractivity contribution in [2.45, 2.75) is 98.2 Å². The summed E-state index contributed by atoms with van der Waals surface area (Å²) in [5.41, 5.74) is 6.98. The highest BCUT2D eigenvalue weighted by Gasteiger charge is 2.36. The third-order valence-corrected chi connectivity index (χ3v) is 9.14. The fourth-order valence-corrected chi connectivity index (χ4v) is 7.09. The van der Waals surface area contributed by atoms with Gasteiger partial charge < -0.3 is 24.4 Å². The van der Waals surface area contributed by atoms with E-state index in [2.05, 4.69) is 0 Å². The largest absolute Gasteiger partial charge is 0.490 e. The highest BCUT2D eigenvalue weighted by Crippen LogP contribution is 2.45. The number of aliphatic carboxylic acids is 1. The number of piperidine rings is 1. The van der Waals surface area contributed by atoms with Crippen molar-refractivity contribution in [2.24, 2.45) is 0 Å². The number of ether oxygens (including phenoxy) is 2. The van der Waals surface area contributed by atoms with Gasteiger partial charge in [0.05, 0.1) is 12.2 Å². The summed E-state index contributed by atoms with van der Waals surface area (Å²) < 4.78 is 27.5. The van der Waals surface area contributed by atoms with Crippen molar-refractivity contribution in [1.82, 2.24) is 9.80 Å². The molecule has 2 aromatic rings. The molecule has 3 aliphatic rings. The first-order chi connectivity index (χ1) is 19.9. The van der Waals surface area contributed by atoms with Crippen molar-refractivity contribution in [1.29, 1.82) is 0 Å². The van der Waals surface area contributed by atoms with Gasteiger partial charge in [0.15, 0.2) is 17.7 Å². The summed E-state index contributed by atoms with van der Waals surface area (Å²) in [5, 5.41) is 10.5. The maximum absolute atomic E-state index is 15.6. The number of hydrogen-bond donors (Lipinski definition) is 1. The smallest absolute Gasteiger partial charge is 0.337 e.